The molecule has 0 aromatic heterocycles. The van der Waals surface area contributed by atoms with Crippen molar-refractivity contribution in [2.75, 3.05) is 19.4 Å². The molecule has 0 amide bonds. The van der Waals surface area contributed by atoms with Gasteiger partial charge in [0.05, 0.1) is 6.29 Å². The Morgan fingerprint density at radius 2 is 1.26 bits per heavy atom. The molecule has 0 fully saturated rings. The fourth-order valence-corrected chi connectivity index (χ4v) is 2.69. The molecule has 0 rings (SSSR count). The number of nitrogens with two attached hydrogens (primary N) is 1. The van der Waals surface area contributed by atoms with Crippen LogP contribution < -0.4 is 16.4 Å². The van der Waals surface area contributed by atoms with Gasteiger partial charge in [0.1, 0.15) is 0 Å². The Kier molecular flexibility index (Phi) is 17.3. The molecule has 23 heavy (non-hydrogen) atoms. The zero-order valence-electron chi connectivity index (χ0n) is 14.0. The van der Waals surface area contributed by atoms with Crippen LogP contribution in [0.2, 0.25) is 0 Å². The van der Waals surface area contributed by atoms with Gasteiger partial charge in [-0.25, -0.2) is 0 Å². The summed E-state index contributed by atoms with van der Waals surface area (Å²) < 4.78 is 10.6. The highest BCUT2D eigenvalue weighted by molar-refractivity contribution is 7.51. The van der Waals surface area contributed by atoms with Crippen LogP contribution in [0.15, 0.2) is 0 Å². The summed E-state index contributed by atoms with van der Waals surface area (Å²) in [7, 11) is -3.89. The van der Waals surface area contributed by atoms with Crippen molar-refractivity contribution in [1.82, 2.24) is 10.6 Å². The summed E-state index contributed by atoms with van der Waals surface area (Å²) >= 11 is 0. The highest BCUT2D eigenvalue weighted by atomic mass is 31.2. The molecule has 8 nitrogen and oxygen atoms in total. The highest BCUT2D eigenvalue weighted by Crippen LogP contribution is 2.31. The molecule has 0 radical (unpaired) electrons. The van der Waals surface area contributed by atoms with Crippen molar-refractivity contribution in [1.29, 1.82) is 5.41 Å². The van der Waals surface area contributed by atoms with Crippen molar-refractivity contribution >= 4 is 13.6 Å². The van der Waals surface area contributed by atoms with Crippen LogP contribution in [0.25, 0.3) is 0 Å². The Bertz CT molecular complexity index is 326. The van der Waals surface area contributed by atoms with Gasteiger partial charge in [0.25, 0.3) is 0 Å². The van der Waals surface area contributed by atoms with Gasteiger partial charge in [-0.3, -0.25) is 9.97 Å². The molecule has 0 aliphatic heterocycles. The summed E-state index contributed by atoms with van der Waals surface area (Å²) in [6, 6.07) is 0. The number of rotatable bonds is 15. The van der Waals surface area contributed by atoms with E-state index in [0.717, 1.165) is 25.8 Å². The quantitative estimate of drug-likeness (QED) is 0.112. The minimum Gasteiger partial charge on any atom is -0.412 e. The largest absolute Gasteiger partial charge is 0.412 e. The molecular formula is C14H35N4O4P. The molecular weight excluding hydrogens is 319 g/mol. The van der Waals surface area contributed by atoms with Crippen molar-refractivity contribution in [3.8, 4) is 0 Å². The zero-order valence-corrected chi connectivity index (χ0v) is 14.9. The van der Waals surface area contributed by atoms with Crippen molar-refractivity contribution in [2.24, 2.45) is 5.73 Å². The molecule has 9 heteroatoms. The molecule has 0 aromatic carbocycles. The number of guanidine groups is 1. The molecule has 0 aromatic rings. The van der Waals surface area contributed by atoms with Crippen molar-refractivity contribution in [3.05, 3.63) is 0 Å². The first-order valence-electron chi connectivity index (χ1n) is 8.25. The van der Waals surface area contributed by atoms with E-state index < -0.39 is 7.60 Å². The predicted molar refractivity (Wildman–Crippen MR) is 94.6 cm³/mol. The average Bonchev–Trinajstić information content (AvgIpc) is 2.41. The van der Waals surface area contributed by atoms with Gasteiger partial charge in [0, 0.05) is 6.54 Å². The van der Waals surface area contributed by atoms with Crippen LogP contribution in [0.4, 0.5) is 0 Å². The maximum atomic E-state index is 10.6. The number of nitrogens with one attached hydrogen (secondary N) is 3. The SMILES string of the molecule is N=C(N)NCCCCCCCCCCCCNCP(=O)(O)O.O. The monoisotopic (exact) mass is 354 g/mol. The van der Waals surface area contributed by atoms with Crippen LogP contribution in [0, 0.1) is 5.41 Å². The molecule has 0 saturated carbocycles. The molecule has 0 saturated heterocycles. The van der Waals surface area contributed by atoms with E-state index in [-0.39, 0.29) is 17.7 Å². The lowest BCUT2D eigenvalue weighted by atomic mass is 10.1. The maximum Gasteiger partial charge on any atom is 0.339 e. The van der Waals surface area contributed by atoms with E-state index in [4.69, 9.17) is 20.9 Å². The van der Waals surface area contributed by atoms with E-state index in [1.807, 2.05) is 0 Å². The molecule has 9 N–H and O–H groups in total. The van der Waals surface area contributed by atoms with E-state index in [1.165, 1.54) is 44.9 Å². The smallest absolute Gasteiger partial charge is 0.339 e. The minimum absolute atomic E-state index is 0. The summed E-state index contributed by atoms with van der Waals surface area (Å²) in [5.41, 5.74) is 5.19. The Hall–Kier alpha value is -0.660. The van der Waals surface area contributed by atoms with Crippen LogP contribution >= 0.6 is 7.60 Å². The third-order valence-electron chi connectivity index (χ3n) is 3.41. The van der Waals surface area contributed by atoms with Crippen molar-refractivity contribution in [3.63, 3.8) is 0 Å². The standard InChI is InChI=1S/C14H33N4O3P.H2O/c15-14(16)18-12-10-8-6-4-2-1-3-5-7-9-11-17-13-22(19,20)21;/h17H,1-13H2,(H4,15,16,18)(H2,19,20,21);1H2. The van der Waals surface area contributed by atoms with E-state index >= 15 is 0 Å². The summed E-state index contributed by atoms with van der Waals surface area (Å²) in [5, 5.41) is 12.6. The van der Waals surface area contributed by atoms with Gasteiger partial charge < -0.3 is 31.6 Å². The molecule has 0 heterocycles. The number of hydrogen-bond donors (Lipinski definition) is 6. The second-order valence-electron chi connectivity index (χ2n) is 5.70. The van der Waals surface area contributed by atoms with Gasteiger partial charge in [-0.1, -0.05) is 51.4 Å². The van der Waals surface area contributed by atoms with E-state index in [1.54, 1.807) is 0 Å². The maximum absolute atomic E-state index is 10.6. The van der Waals surface area contributed by atoms with Gasteiger partial charge in [-0.2, -0.15) is 0 Å². The van der Waals surface area contributed by atoms with Gasteiger partial charge in [-0.15, -0.1) is 0 Å². The van der Waals surface area contributed by atoms with E-state index in [2.05, 4.69) is 10.6 Å². The summed E-state index contributed by atoms with van der Waals surface area (Å²) in [6.07, 6.45) is 11.6. The number of unbranched alkanes of at least 4 members (excludes halogenated alkanes) is 9. The highest BCUT2D eigenvalue weighted by Gasteiger charge is 2.10. The summed E-state index contributed by atoms with van der Waals surface area (Å²) in [5.74, 6) is 0.0527. The lowest BCUT2D eigenvalue weighted by Gasteiger charge is -2.06. The van der Waals surface area contributed by atoms with Crippen LogP contribution in [-0.2, 0) is 4.57 Å². The normalized spacial score (nSPS) is 11.0. The first-order valence-corrected chi connectivity index (χ1v) is 10.0. The average molecular weight is 354 g/mol. The van der Waals surface area contributed by atoms with Crippen molar-refractivity contribution in [2.45, 2.75) is 64.2 Å². The minimum atomic E-state index is -3.89. The molecule has 0 aliphatic carbocycles. The Morgan fingerprint density at radius 1 is 0.870 bits per heavy atom. The third-order valence-corrected chi connectivity index (χ3v) is 4.05. The number of hydrogen-bond acceptors (Lipinski definition) is 3. The molecule has 0 atom stereocenters. The first-order chi connectivity index (χ1) is 10.4. The molecule has 0 aliphatic rings. The first kappa shape index (κ1) is 24.6. The zero-order chi connectivity index (χ0) is 16.7. The van der Waals surface area contributed by atoms with Crippen LogP contribution in [0.3, 0.4) is 0 Å². The third kappa shape index (κ3) is 23.7. The van der Waals surface area contributed by atoms with Gasteiger partial charge in [0.15, 0.2) is 5.96 Å². The predicted octanol–water partition coefficient (Wildman–Crippen LogP) is 1.27. The van der Waals surface area contributed by atoms with E-state index in [0.29, 0.717) is 6.54 Å². The van der Waals surface area contributed by atoms with Gasteiger partial charge in [0.2, 0.25) is 0 Å². The van der Waals surface area contributed by atoms with Gasteiger partial charge in [-0.05, 0) is 19.4 Å². The lowest BCUT2D eigenvalue weighted by molar-refractivity contribution is 0.367. The van der Waals surface area contributed by atoms with Gasteiger partial charge >= 0.3 is 7.60 Å². The molecule has 140 valence electrons. The lowest BCUT2D eigenvalue weighted by Crippen LogP contribution is -2.30. The second-order valence-corrected chi connectivity index (χ2v) is 7.34. The van der Waals surface area contributed by atoms with E-state index in [9.17, 15) is 4.57 Å². The topological polar surface area (TPSA) is 163 Å². The molecule has 0 bridgehead atoms. The summed E-state index contributed by atoms with van der Waals surface area (Å²) in [6.45, 7) is 1.48. The van der Waals surface area contributed by atoms with Crippen molar-refractivity contribution < 1.29 is 19.8 Å². The second kappa shape index (κ2) is 16.2. The Morgan fingerprint density at radius 3 is 1.65 bits per heavy atom. The van der Waals surface area contributed by atoms with Crippen LogP contribution in [0.1, 0.15) is 64.2 Å². The molecule has 0 spiro atoms. The fraction of sp³-hybridized carbons (Fsp3) is 0.929. The Labute approximate surface area is 139 Å². The van der Waals surface area contributed by atoms with Crippen LogP contribution in [-0.4, -0.2) is 40.6 Å². The fourth-order valence-electron chi connectivity index (χ4n) is 2.24. The molecule has 0 unspecified atom stereocenters. The van der Waals surface area contributed by atoms with Crippen LogP contribution in [0.5, 0.6) is 0 Å². The summed E-state index contributed by atoms with van der Waals surface area (Å²) in [4.78, 5) is 17.3. The Balaban J connectivity index is 0.